The fourth-order valence-electron chi connectivity index (χ4n) is 2.51. The molecule has 3 aromatic rings. The fraction of sp³-hybridized carbons (Fsp3) is 0.278. The van der Waals surface area contributed by atoms with Gasteiger partial charge in [-0.1, -0.05) is 0 Å². The van der Waals surface area contributed by atoms with Crippen molar-refractivity contribution in [2.75, 3.05) is 25.5 Å². The monoisotopic (exact) mass is 424 g/mol. The van der Waals surface area contributed by atoms with Gasteiger partial charge in [0.05, 0.1) is 19.4 Å². The Morgan fingerprint density at radius 3 is 2.71 bits per heavy atom. The second kappa shape index (κ2) is 9.63. The zero-order valence-corrected chi connectivity index (χ0v) is 17.2. The summed E-state index contributed by atoms with van der Waals surface area (Å²) in [6.07, 6.45) is 3.72. The van der Waals surface area contributed by atoms with Gasteiger partial charge in [-0.2, -0.15) is 5.10 Å². The highest BCUT2D eigenvalue weighted by Crippen LogP contribution is 2.28. The molecule has 0 atom stereocenters. The van der Waals surface area contributed by atoms with E-state index in [-0.39, 0.29) is 31.2 Å². The van der Waals surface area contributed by atoms with Crippen LogP contribution in [0.25, 0.3) is 10.4 Å². The van der Waals surface area contributed by atoms with Crippen molar-refractivity contribution < 1.29 is 4.39 Å². The van der Waals surface area contributed by atoms with Crippen molar-refractivity contribution in [2.24, 2.45) is 5.73 Å². The summed E-state index contributed by atoms with van der Waals surface area (Å²) < 4.78 is 15.4. The van der Waals surface area contributed by atoms with Crippen molar-refractivity contribution in [3.05, 3.63) is 64.1 Å². The third kappa shape index (κ3) is 4.86. The normalized spacial score (nSPS) is 11.4. The number of nitrogens with two attached hydrogens (primary N) is 1. The Morgan fingerprint density at radius 1 is 1.32 bits per heavy atom. The van der Waals surface area contributed by atoms with E-state index in [1.807, 2.05) is 49.5 Å². The van der Waals surface area contributed by atoms with Gasteiger partial charge in [0.1, 0.15) is 12.1 Å². The maximum Gasteiger partial charge on any atom is 0.346 e. The van der Waals surface area contributed by atoms with Gasteiger partial charge in [0, 0.05) is 42.2 Å². The summed E-state index contributed by atoms with van der Waals surface area (Å²) in [5.74, 6) is 0.897. The van der Waals surface area contributed by atoms with E-state index >= 15 is 0 Å². The molecule has 3 rings (SSSR count). The van der Waals surface area contributed by atoms with Crippen LogP contribution in [0.3, 0.4) is 0 Å². The van der Waals surface area contributed by atoms with E-state index in [9.17, 15) is 9.18 Å². The summed E-state index contributed by atoms with van der Waals surface area (Å²) in [5, 5.41) is 4.03. The number of rotatable bonds is 7. The van der Waals surface area contributed by atoms with E-state index in [0.717, 1.165) is 21.1 Å². The van der Waals surface area contributed by atoms with E-state index in [0.29, 0.717) is 18.4 Å². The minimum Gasteiger partial charge on any atom is -0.363 e. The SMILES string of the molecule is CN(C)c1ccc(-c2ccc(Cn3cnn(C/C(=C/F)CN)c3=O)s2)cn1.Cl. The van der Waals surface area contributed by atoms with Crippen LogP contribution in [0.1, 0.15) is 4.88 Å². The first-order chi connectivity index (χ1) is 13.0. The Balaban J connectivity index is 0.00000280. The van der Waals surface area contributed by atoms with E-state index in [4.69, 9.17) is 5.73 Å². The predicted molar refractivity (Wildman–Crippen MR) is 113 cm³/mol. The molecule has 150 valence electrons. The van der Waals surface area contributed by atoms with Crippen molar-refractivity contribution in [1.82, 2.24) is 19.3 Å². The van der Waals surface area contributed by atoms with Gasteiger partial charge in [-0.15, -0.1) is 23.7 Å². The van der Waals surface area contributed by atoms with E-state index in [1.54, 1.807) is 11.3 Å². The van der Waals surface area contributed by atoms with Crippen LogP contribution in [0.15, 0.2) is 53.5 Å². The van der Waals surface area contributed by atoms with Crippen LogP contribution >= 0.6 is 23.7 Å². The molecule has 3 aromatic heterocycles. The van der Waals surface area contributed by atoms with Crippen LogP contribution in [0.2, 0.25) is 0 Å². The third-order valence-corrected chi connectivity index (χ3v) is 5.16. The number of halogens is 2. The molecule has 0 aromatic carbocycles. The minimum absolute atomic E-state index is 0. The zero-order chi connectivity index (χ0) is 19.4. The van der Waals surface area contributed by atoms with Crippen LogP contribution < -0.4 is 16.3 Å². The second-order valence-corrected chi connectivity index (χ2v) is 7.40. The number of nitrogens with zero attached hydrogens (tertiary/aromatic N) is 5. The summed E-state index contributed by atoms with van der Waals surface area (Å²) in [4.78, 5) is 20.8. The molecule has 28 heavy (non-hydrogen) atoms. The molecular formula is C18H22ClFN6OS. The van der Waals surface area contributed by atoms with Gasteiger partial charge in [0.15, 0.2) is 0 Å². The molecule has 7 nitrogen and oxygen atoms in total. The molecule has 0 unspecified atom stereocenters. The lowest BCUT2D eigenvalue weighted by Crippen LogP contribution is -2.26. The fourth-order valence-corrected chi connectivity index (χ4v) is 3.50. The second-order valence-electron chi connectivity index (χ2n) is 6.24. The molecule has 3 heterocycles. The van der Waals surface area contributed by atoms with E-state index < -0.39 is 0 Å². The summed E-state index contributed by atoms with van der Waals surface area (Å²) in [7, 11) is 3.89. The van der Waals surface area contributed by atoms with Gasteiger partial charge in [-0.25, -0.2) is 18.9 Å². The predicted octanol–water partition coefficient (Wildman–Crippen LogP) is 2.52. The molecule has 0 spiro atoms. The number of aromatic nitrogens is 4. The van der Waals surface area contributed by atoms with Crippen LogP contribution in [-0.4, -0.2) is 40.0 Å². The summed E-state index contributed by atoms with van der Waals surface area (Å²) in [6, 6.07) is 7.99. The lowest BCUT2D eigenvalue weighted by molar-refractivity contribution is 0.604. The molecule has 0 aliphatic heterocycles. The van der Waals surface area contributed by atoms with Gasteiger partial charge in [0.25, 0.3) is 0 Å². The van der Waals surface area contributed by atoms with Gasteiger partial charge in [-0.3, -0.25) is 4.57 Å². The van der Waals surface area contributed by atoms with Gasteiger partial charge < -0.3 is 10.6 Å². The maximum absolute atomic E-state index is 12.7. The zero-order valence-electron chi connectivity index (χ0n) is 15.6. The molecule has 0 amide bonds. The van der Waals surface area contributed by atoms with Crippen molar-refractivity contribution in [1.29, 1.82) is 0 Å². The minimum atomic E-state index is -0.297. The van der Waals surface area contributed by atoms with Gasteiger partial charge in [0.2, 0.25) is 0 Å². The smallest absolute Gasteiger partial charge is 0.346 e. The summed E-state index contributed by atoms with van der Waals surface area (Å²) >= 11 is 1.59. The first-order valence-electron chi connectivity index (χ1n) is 8.34. The van der Waals surface area contributed by atoms with E-state index in [1.165, 1.54) is 15.6 Å². The highest BCUT2D eigenvalue weighted by molar-refractivity contribution is 7.15. The van der Waals surface area contributed by atoms with Gasteiger partial charge in [-0.05, 0) is 29.8 Å². The van der Waals surface area contributed by atoms with Crippen molar-refractivity contribution >= 4 is 29.6 Å². The molecule has 0 aliphatic rings. The first kappa shape index (κ1) is 21.8. The Kier molecular flexibility index (Phi) is 7.50. The Hall–Kier alpha value is -2.49. The van der Waals surface area contributed by atoms with Crippen molar-refractivity contribution in [3.63, 3.8) is 0 Å². The van der Waals surface area contributed by atoms with Crippen LogP contribution in [0, 0.1) is 0 Å². The standard InChI is InChI=1S/C18H21FN6OS.ClH/c1-23(2)17-6-3-14(9-21-17)16-5-4-15(27-16)11-24-12-22-25(18(24)26)10-13(7-19)8-20;/h3-7,9,12H,8,10-11,20H2,1-2H3;1H/b13-7+;. The Labute approximate surface area is 172 Å². The summed E-state index contributed by atoms with van der Waals surface area (Å²) in [6.45, 7) is 0.507. The highest BCUT2D eigenvalue weighted by atomic mass is 35.5. The summed E-state index contributed by atoms with van der Waals surface area (Å²) in [5.41, 5.74) is 6.48. The molecule has 0 saturated carbocycles. The van der Waals surface area contributed by atoms with Gasteiger partial charge >= 0.3 is 5.69 Å². The number of pyridine rings is 1. The first-order valence-corrected chi connectivity index (χ1v) is 9.16. The Morgan fingerprint density at radius 2 is 2.11 bits per heavy atom. The lowest BCUT2D eigenvalue weighted by atomic mass is 10.2. The average molecular weight is 425 g/mol. The van der Waals surface area contributed by atoms with Crippen LogP contribution in [0.5, 0.6) is 0 Å². The molecule has 0 fully saturated rings. The maximum atomic E-state index is 12.7. The van der Waals surface area contributed by atoms with Crippen molar-refractivity contribution in [2.45, 2.75) is 13.1 Å². The van der Waals surface area contributed by atoms with Crippen LogP contribution in [-0.2, 0) is 13.1 Å². The van der Waals surface area contributed by atoms with E-state index in [2.05, 4.69) is 10.1 Å². The number of hydrogen-bond acceptors (Lipinski definition) is 6. The molecule has 0 saturated heterocycles. The third-order valence-electron chi connectivity index (χ3n) is 4.04. The molecule has 0 radical (unpaired) electrons. The Bertz CT molecular complexity index is 992. The highest BCUT2D eigenvalue weighted by Gasteiger charge is 2.10. The molecular weight excluding hydrogens is 403 g/mol. The average Bonchev–Trinajstić information content (AvgIpc) is 3.28. The topological polar surface area (TPSA) is 82.0 Å². The molecule has 0 bridgehead atoms. The number of hydrogen-bond donors (Lipinski definition) is 1. The lowest BCUT2D eigenvalue weighted by Gasteiger charge is -2.10. The molecule has 10 heteroatoms. The quantitative estimate of drug-likeness (QED) is 0.630. The molecule has 2 N–H and O–H groups in total. The largest absolute Gasteiger partial charge is 0.363 e. The molecule has 0 aliphatic carbocycles. The van der Waals surface area contributed by atoms with Crippen molar-refractivity contribution in [3.8, 4) is 10.4 Å². The number of anilines is 1. The van der Waals surface area contributed by atoms with Crippen LogP contribution in [0.4, 0.5) is 10.2 Å². The number of thiophene rings is 1.